The minimum Gasteiger partial charge on any atom is -0.265 e. The molecule has 9 heteroatoms. The summed E-state index contributed by atoms with van der Waals surface area (Å²) < 4.78 is 1.35. The molecule has 2 aromatic heterocycles. The van der Waals surface area contributed by atoms with Crippen molar-refractivity contribution in [1.29, 1.82) is 0 Å². The Bertz CT molecular complexity index is 691. The maximum absolute atomic E-state index is 11.2. The summed E-state index contributed by atoms with van der Waals surface area (Å²) in [7, 11) is 1.58. The Morgan fingerprint density at radius 2 is 2.06 bits per heavy atom. The number of hydrogen-bond acceptors (Lipinski definition) is 6. The second-order valence-corrected chi connectivity index (χ2v) is 4.75. The smallest absolute Gasteiger partial charge is 0.265 e. The average Bonchev–Trinajstić information content (AvgIpc) is 2.24. The highest BCUT2D eigenvalue weighted by atomic mass is 35.5. The molecule has 0 spiro atoms. The first kappa shape index (κ1) is 12.8. The van der Waals surface area contributed by atoms with Crippen molar-refractivity contribution < 1.29 is 0 Å². The molecule has 1 N–H and O–H groups in total. The Hall–Kier alpha value is -1.67. The van der Waals surface area contributed by atoms with Gasteiger partial charge in [-0.25, -0.2) is 9.97 Å². The van der Waals surface area contributed by atoms with Crippen molar-refractivity contribution >= 4 is 23.4 Å². The summed E-state index contributed by atoms with van der Waals surface area (Å²) >= 11 is 6.91. The summed E-state index contributed by atoms with van der Waals surface area (Å²) in [5, 5.41) is 3.51. The van der Waals surface area contributed by atoms with Crippen molar-refractivity contribution in [3.63, 3.8) is 0 Å². The quantitative estimate of drug-likeness (QED) is 0.633. The molecular weight excluding hydrogens is 278 g/mol. The first-order valence-corrected chi connectivity index (χ1v) is 6.01. The van der Waals surface area contributed by atoms with Gasteiger partial charge in [0.25, 0.3) is 0 Å². The van der Waals surface area contributed by atoms with Gasteiger partial charge in [0.15, 0.2) is 5.16 Å². The third-order valence-corrected chi connectivity index (χ3v) is 3.09. The summed E-state index contributed by atoms with van der Waals surface area (Å²) in [5.74, 6) is 0.513. The van der Waals surface area contributed by atoms with E-state index in [0.29, 0.717) is 21.2 Å². The monoisotopic (exact) mass is 285 g/mol. The molecule has 0 saturated carbocycles. The number of aromatic nitrogens is 5. The van der Waals surface area contributed by atoms with E-state index in [0.717, 1.165) is 11.8 Å². The molecule has 2 heterocycles. The van der Waals surface area contributed by atoms with Crippen molar-refractivity contribution in [3.05, 3.63) is 37.8 Å². The Balaban J connectivity index is 2.43. The normalized spacial score (nSPS) is 10.6. The molecule has 2 rings (SSSR count). The molecule has 0 bridgehead atoms. The van der Waals surface area contributed by atoms with Crippen molar-refractivity contribution in [2.45, 2.75) is 17.1 Å². The van der Waals surface area contributed by atoms with Crippen LogP contribution in [-0.4, -0.2) is 24.7 Å². The second-order valence-electron chi connectivity index (χ2n) is 3.38. The maximum atomic E-state index is 11.2. The summed E-state index contributed by atoms with van der Waals surface area (Å²) in [6.45, 7) is 1.70. The molecule has 0 radical (unpaired) electrons. The zero-order chi connectivity index (χ0) is 13.3. The Labute approximate surface area is 110 Å². The summed E-state index contributed by atoms with van der Waals surface area (Å²) in [6, 6.07) is 1.55. The molecule has 18 heavy (non-hydrogen) atoms. The predicted octanol–water partition coefficient (Wildman–Crippen LogP) is 0.372. The van der Waals surface area contributed by atoms with Crippen LogP contribution in [0.5, 0.6) is 0 Å². The van der Waals surface area contributed by atoms with Crippen LogP contribution in [0.25, 0.3) is 0 Å². The van der Waals surface area contributed by atoms with Crippen molar-refractivity contribution in [2.75, 3.05) is 0 Å². The van der Waals surface area contributed by atoms with Gasteiger partial charge in [0.1, 0.15) is 16.0 Å². The van der Waals surface area contributed by atoms with E-state index < -0.39 is 11.1 Å². The third kappa shape index (κ3) is 2.77. The number of aryl methyl sites for hydroxylation is 2. The first-order chi connectivity index (χ1) is 8.45. The first-order valence-electron chi connectivity index (χ1n) is 4.82. The fourth-order valence-corrected chi connectivity index (χ4v) is 2.34. The molecule has 2 aromatic rings. The Morgan fingerprint density at radius 1 is 1.33 bits per heavy atom. The second kappa shape index (κ2) is 4.91. The van der Waals surface area contributed by atoms with Crippen molar-refractivity contribution in [1.82, 2.24) is 24.7 Å². The summed E-state index contributed by atoms with van der Waals surface area (Å²) in [4.78, 5) is 33.9. The Kier molecular flexibility index (Phi) is 3.48. The molecule has 0 amide bonds. The summed E-state index contributed by atoms with van der Waals surface area (Å²) in [6.07, 6.45) is 0. The summed E-state index contributed by atoms with van der Waals surface area (Å²) in [5.41, 5.74) is -1.61. The highest BCUT2D eigenvalue weighted by Gasteiger charge is 2.08. The number of nitrogens with one attached hydrogen (secondary N) is 1. The van der Waals surface area contributed by atoms with E-state index in [1.807, 2.05) is 0 Å². The zero-order valence-corrected chi connectivity index (χ0v) is 11.0. The number of aromatic amines is 1. The van der Waals surface area contributed by atoms with Gasteiger partial charge in [0, 0.05) is 13.1 Å². The predicted molar refractivity (Wildman–Crippen MR) is 66.0 cm³/mol. The van der Waals surface area contributed by atoms with Gasteiger partial charge in [-0.15, -0.1) is 0 Å². The standard InChI is InChI=1S/C9H8ClN5O2S/c1-4-11-5(10)3-6(12-4)18-9-13-7(16)8(17)14-15(9)2/h3H,1-2H3,(H,14,17). The fraction of sp³-hybridized carbons (Fsp3) is 0.222. The van der Waals surface area contributed by atoms with E-state index in [4.69, 9.17) is 11.6 Å². The molecule has 0 unspecified atom stereocenters. The van der Waals surface area contributed by atoms with Crippen LogP contribution in [0, 0.1) is 6.92 Å². The van der Waals surface area contributed by atoms with Crippen LogP contribution in [0.15, 0.2) is 25.8 Å². The number of halogens is 1. The largest absolute Gasteiger partial charge is 0.339 e. The van der Waals surface area contributed by atoms with Gasteiger partial charge < -0.3 is 0 Å². The SMILES string of the molecule is Cc1nc(Cl)cc(Sc2nc(=O)c(=O)[nH]n2C)n1. The molecule has 0 aliphatic rings. The number of rotatable bonds is 2. The van der Waals surface area contributed by atoms with E-state index in [2.05, 4.69) is 20.1 Å². The van der Waals surface area contributed by atoms with Gasteiger partial charge in [0.05, 0.1) is 0 Å². The van der Waals surface area contributed by atoms with Crippen LogP contribution >= 0.6 is 23.4 Å². The minimum atomic E-state index is -0.840. The van der Waals surface area contributed by atoms with Crippen molar-refractivity contribution in [2.24, 2.45) is 7.05 Å². The van der Waals surface area contributed by atoms with E-state index in [9.17, 15) is 9.59 Å². The van der Waals surface area contributed by atoms with Gasteiger partial charge in [-0.1, -0.05) is 11.6 Å². The lowest BCUT2D eigenvalue weighted by Crippen LogP contribution is -2.33. The highest BCUT2D eigenvalue weighted by Crippen LogP contribution is 2.23. The molecule has 0 aliphatic heterocycles. The molecule has 0 aromatic carbocycles. The van der Waals surface area contributed by atoms with Crippen LogP contribution < -0.4 is 11.1 Å². The Morgan fingerprint density at radius 3 is 2.72 bits per heavy atom. The van der Waals surface area contributed by atoms with Gasteiger partial charge in [-0.05, 0) is 18.7 Å². The lowest BCUT2D eigenvalue weighted by atomic mass is 10.6. The highest BCUT2D eigenvalue weighted by molar-refractivity contribution is 7.99. The van der Waals surface area contributed by atoms with Crippen LogP contribution in [0.2, 0.25) is 5.15 Å². The molecule has 7 nitrogen and oxygen atoms in total. The van der Waals surface area contributed by atoms with E-state index >= 15 is 0 Å². The average molecular weight is 286 g/mol. The van der Waals surface area contributed by atoms with Gasteiger partial charge in [-0.3, -0.25) is 19.4 Å². The number of hydrogen-bond donors (Lipinski definition) is 1. The molecule has 0 aliphatic carbocycles. The van der Waals surface area contributed by atoms with E-state index in [-0.39, 0.29) is 0 Å². The molecule has 0 fully saturated rings. The lowest BCUT2D eigenvalue weighted by molar-refractivity contribution is 0.596. The zero-order valence-electron chi connectivity index (χ0n) is 9.47. The van der Waals surface area contributed by atoms with Crippen molar-refractivity contribution in [3.8, 4) is 0 Å². The van der Waals surface area contributed by atoms with Crippen LogP contribution in [0.1, 0.15) is 5.82 Å². The number of nitrogens with zero attached hydrogens (tertiary/aromatic N) is 4. The molecule has 0 saturated heterocycles. The molecular formula is C9H8ClN5O2S. The number of H-pyrrole nitrogens is 1. The molecule has 94 valence electrons. The van der Waals surface area contributed by atoms with Crippen LogP contribution in [0.3, 0.4) is 0 Å². The minimum absolute atomic E-state index is 0.305. The van der Waals surface area contributed by atoms with E-state index in [1.165, 1.54) is 4.68 Å². The maximum Gasteiger partial charge on any atom is 0.339 e. The topological polar surface area (TPSA) is 93.5 Å². The van der Waals surface area contributed by atoms with Crippen LogP contribution in [0.4, 0.5) is 0 Å². The van der Waals surface area contributed by atoms with Gasteiger partial charge >= 0.3 is 11.1 Å². The fourth-order valence-electron chi connectivity index (χ4n) is 1.20. The van der Waals surface area contributed by atoms with Crippen LogP contribution in [-0.2, 0) is 7.05 Å². The lowest BCUT2D eigenvalue weighted by Gasteiger charge is -2.05. The molecule has 0 atom stereocenters. The van der Waals surface area contributed by atoms with Gasteiger partial charge in [0.2, 0.25) is 0 Å². The van der Waals surface area contributed by atoms with Gasteiger partial charge in [-0.2, -0.15) is 4.98 Å². The van der Waals surface area contributed by atoms with E-state index in [1.54, 1.807) is 20.0 Å². The third-order valence-electron chi connectivity index (χ3n) is 1.93.